The Labute approximate surface area is 112 Å². The average Bonchev–Trinajstić information content (AvgIpc) is 2.22. The summed E-state index contributed by atoms with van der Waals surface area (Å²) >= 11 is 7.47. The van der Waals surface area contributed by atoms with Crippen molar-refractivity contribution in [3.63, 3.8) is 0 Å². The molecule has 1 rings (SSSR count). The molecule has 0 bridgehead atoms. The molecule has 0 aromatic heterocycles. The number of rotatable bonds is 3. The first-order valence-electron chi connectivity index (χ1n) is 5.37. The van der Waals surface area contributed by atoms with Crippen molar-refractivity contribution in [2.24, 2.45) is 0 Å². The van der Waals surface area contributed by atoms with Gasteiger partial charge in [0.1, 0.15) is 0 Å². The Bertz CT molecular complexity index is 409. The number of halogens is 1. The monoisotopic (exact) mass is 272 g/mol. The summed E-state index contributed by atoms with van der Waals surface area (Å²) in [7, 11) is 1.75. The second-order valence-corrected chi connectivity index (χ2v) is 6.15. The van der Waals surface area contributed by atoms with Gasteiger partial charge in [-0.05, 0) is 36.6 Å². The normalized spacial score (nSPS) is 10.5. The number of nitrogens with one attached hydrogen (secondary N) is 1. The Kier molecular flexibility index (Phi) is 5.15. The summed E-state index contributed by atoms with van der Waals surface area (Å²) in [5, 5.41) is 3.82. The van der Waals surface area contributed by atoms with Crippen LogP contribution in [0.5, 0.6) is 0 Å². The lowest BCUT2D eigenvalue weighted by molar-refractivity contribution is 0.243. The average molecular weight is 273 g/mol. The van der Waals surface area contributed by atoms with Crippen LogP contribution >= 0.6 is 23.5 Å². The predicted octanol–water partition coefficient (Wildman–Crippen LogP) is 4.17. The Balaban J connectivity index is 2.64. The molecule has 0 heterocycles. The van der Waals surface area contributed by atoms with Crippen molar-refractivity contribution in [2.45, 2.75) is 26.0 Å². The third-order valence-corrected chi connectivity index (χ3v) is 3.39. The van der Waals surface area contributed by atoms with Crippen molar-refractivity contribution in [3.05, 3.63) is 28.8 Å². The molecule has 17 heavy (non-hydrogen) atoms. The molecule has 0 aliphatic carbocycles. The van der Waals surface area contributed by atoms with Crippen LogP contribution in [0.2, 0.25) is 5.02 Å². The standard InChI is InChI=1S/C12H17ClN2OS/c1-8(2)17-15(4)12(16)14-10-6-5-9(3)11(13)7-10/h5-8H,1-4H3,(H,14,16). The molecular formula is C12H17ClN2OS. The van der Waals surface area contributed by atoms with Crippen molar-refractivity contribution in [1.29, 1.82) is 0 Å². The van der Waals surface area contributed by atoms with E-state index in [2.05, 4.69) is 5.32 Å². The molecule has 0 aliphatic rings. The number of hydrogen-bond donors (Lipinski definition) is 1. The first-order valence-corrected chi connectivity index (χ1v) is 6.59. The highest BCUT2D eigenvalue weighted by molar-refractivity contribution is 7.98. The van der Waals surface area contributed by atoms with Crippen LogP contribution in [0, 0.1) is 6.92 Å². The molecule has 0 saturated carbocycles. The Morgan fingerprint density at radius 1 is 1.47 bits per heavy atom. The van der Waals surface area contributed by atoms with E-state index in [0.29, 0.717) is 16.0 Å². The van der Waals surface area contributed by atoms with E-state index in [1.54, 1.807) is 17.4 Å². The molecule has 5 heteroatoms. The first kappa shape index (κ1) is 14.2. The van der Waals surface area contributed by atoms with Gasteiger partial charge in [-0.3, -0.25) is 4.31 Å². The van der Waals surface area contributed by atoms with Crippen LogP contribution in [-0.2, 0) is 0 Å². The van der Waals surface area contributed by atoms with Crippen molar-refractivity contribution >= 4 is 35.3 Å². The molecule has 1 aromatic carbocycles. The fourth-order valence-corrected chi connectivity index (χ4v) is 2.19. The molecule has 0 spiro atoms. The number of hydrogen-bond acceptors (Lipinski definition) is 2. The number of carbonyl (C=O) groups is 1. The quantitative estimate of drug-likeness (QED) is 0.838. The van der Waals surface area contributed by atoms with Gasteiger partial charge in [-0.15, -0.1) is 0 Å². The fraction of sp³-hybridized carbons (Fsp3) is 0.417. The SMILES string of the molecule is Cc1ccc(NC(=O)N(C)SC(C)C)cc1Cl. The van der Waals surface area contributed by atoms with Crippen LogP contribution in [0.25, 0.3) is 0 Å². The fourth-order valence-electron chi connectivity index (χ4n) is 1.24. The van der Waals surface area contributed by atoms with Crippen LogP contribution in [0.15, 0.2) is 18.2 Å². The Morgan fingerprint density at radius 2 is 2.12 bits per heavy atom. The van der Waals surface area contributed by atoms with Crippen LogP contribution < -0.4 is 5.32 Å². The van der Waals surface area contributed by atoms with E-state index in [9.17, 15) is 4.79 Å². The number of urea groups is 1. The van der Waals surface area contributed by atoms with E-state index in [0.717, 1.165) is 5.56 Å². The molecule has 1 aromatic rings. The minimum Gasteiger partial charge on any atom is -0.307 e. The summed E-state index contributed by atoms with van der Waals surface area (Å²) < 4.78 is 1.58. The van der Waals surface area contributed by atoms with Gasteiger partial charge in [0.25, 0.3) is 0 Å². The molecule has 0 radical (unpaired) electrons. The third-order valence-electron chi connectivity index (χ3n) is 2.08. The first-order chi connectivity index (χ1) is 7.90. The second-order valence-electron chi connectivity index (χ2n) is 4.05. The number of aryl methyl sites for hydroxylation is 1. The molecule has 0 aliphatic heterocycles. The molecule has 0 unspecified atom stereocenters. The highest BCUT2D eigenvalue weighted by Crippen LogP contribution is 2.21. The van der Waals surface area contributed by atoms with Gasteiger partial charge < -0.3 is 5.32 Å². The highest BCUT2D eigenvalue weighted by atomic mass is 35.5. The number of carbonyl (C=O) groups excluding carboxylic acids is 1. The number of anilines is 1. The Hall–Kier alpha value is -0.870. The van der Waals surface area contributed by atoms with Crippen LogP contribution in [-0.4, -0.2) is 22.6 Å². The van der Waals surface area contributed by atoms with Gasteiger partial charge in [-0.25, -0.2) is 4.79 Å². The summed E-state index contributed by atoms with van der Waals surface area (Å²) in [5.74, 6) is 0. The molecule has 0 atom stereocenters. The number of nitrogens with zero attached hydrogens (tertiary/aromatic N) is 1. The Morgan fingerprint density at radius 3 is 2.65 bits per heavy atom. The van der Waals surface area contributed by atoms with Crippen LogP contribution in [0.1, 0.15) is 19.4 Å². The predicted molar refractivity (Wildman–Crippen MR) is 75.7 cm³/mol. The minimum atomic E-state index is -0.149. The third kappa shape index (κ3) is 4.48. The minimum absolute atomic E-state index is 0.149. The summed E-state index contributed by atoms with van der Waals surface area (Å²) in [6.45, 7) is 6.00. The summed E-state index contributed by atoms with van der Waals surface area (Å²) in [6, 6.07) is 5.33. The summed E-state index contributed by atoms with van der Waals surface area (Å²) in [6.07, 6.45) is 0. The zero-order valence-corrected chi connectivity index (χ0v) is 12.0. The van der Waals surface area contributed by atoms with Gasteiger partial charge >= 0.3 is 6.03 Å². The highest BCUT2D eigenvalue weighted by Gasteiger charge is 2.11. The lowest BCUT2D eigenvalue weighted by Gasteiger charge is -2.18. The zero-order valence-electron chi connectivity index (χ0n) is 10.5. The maximum Gasteiger partial charge on any atom is 0.331 e. The number of benzene rings is 1. The molecule has 3 nitrogen and oxygen atoms in total. The maximum absolute atomic E-state index is 11.8. The van der Waals surface area contributed by atoms with E-state index >= 15 is 0 Å². The van der Waals surface area contributed by atoms with Crippen molar-refractivity contribution in [2.75, 3.05) is 12.4 Å². The van der Waals surface area contributed by atoms with E-state index in [4.69, 9.17) is 11.6 Å². The molecule has 0 saturated heterocycles. The van der Waals surface area contributed by atoms with E-state index in [-0.39, 0.29) is 6.03 Å². The molecule has 1 N–H and O–H groups in total. The summed E-state index contributed by atoms with van der Waals surface area (Å²) in [5.41, 5.74) is 1.70. The van der Waals surface area contributed by atoms with E-state index < -0.39 is 0 Å². The molecule has 2 amide bonds. The van der Waals surface area contributed by atoms with Gasteiger partial charge in [0.2, 0.25) is 0 Å². The topological polar surface area (TPSA) is 32.3 Å². The van der Waals surface area contributed by atoms with Crippen molar-refractivity contribution < 1.29 is 4.79 Å². The lowest BCUT2D eigenvalue weighted by Crippen LogP contribution is -2.26. The van der Waals surface area contributed by atoms with Crippen molar-refractivity contribution in [1.82, 2.24) is 4.31 Å². The molecule has 0 fully saturated rings. The smallest absolute Gasteiger partial charge is 0.307 e. The molecular weight excluding hydrogens is 256 g/mol. The van der Waals surface area contributed by atoms with Crippen LogP contribution in [0.3, 0.4) is 0 Å². The lowest BCUT2D eigenvalue weighted by atomic mass is 10.2. The second kappa shape index (κ2) is 6.17. The maximum atomic E-state index is 11.8. The summed E-state index contributed by atoms with van der Waals surface area (Å²) in [4.78, 5) is 11.8. The number of amides is 2. The van der Waals surface area contributed by atoms with Gasteiger partial charge in [0, 0.05) is 23.0 Å². The molecule has 94 valence electrons. The van der Waals surface area contributed by atoms with Crippen molar-refractivity contribution in [3.8, 4) is 0 Å². The van der Waals surface area contributed by atoms with Gasteiger partial charge in [0.15, 0.2) is 0 Å². The zero-order chi connectivity index (χ0) is 13.0. The van der Waals surface area contributed by atoms with E-state index in [1.165, 1.54) is 11.9 Å². The van der Waals surface area contributed by atoms with Gasteiger partial charge in [-0.1, -0.05) is 31.5 Å². The van der Waals surface area contributed by atoms with Gasteiger partial charge in [-0.2, -0.15) is 0 Å². The largest absolute Gasteiger partial charge is 0.331 e. The van der Waals surface area contributed by atoms with E-state index in [1.807, 2.05) is 32.9 Å². The van der Waals surface area contributed by atoms with Gasteiger partial charge in [0.05, 0.1) is 0 Å². The van der Waals surface area contributed by atoms with Crippen LogP contribution in [0.4, 0.5) is 10.5 Å².